The number of rotatable bonds is 6. The van der Waals surface area contributed by atoms with Crippen LogP contribution < -0.4 is 5.32 Å². The lowest BCUT2D eigenvalue weighted by Crippen LogP contribution is -2.39. The van der Waals surface area contributed by atoms with E-state index in [2.05, 4.69) is 10.2 Å². The molecule has 1 aliphatic carbocycles. The molecular formula is C22H28N2O3S. The maximum atomic E-state index is 12.6. The van der Waals surface area contributed by atoms with Gasteiger partial charge in [0.15, 0.2) is 0 Å². The highest BCUT2D eigenvalue weighted by Gasteiger charge is 2.24. The SMILES string of the molecule is COC(=O)c1c(-c2ccc(C)cc2)csc1NC(=O)CN(C)C1CCCCC1. The Bertz CT molecular complexity index is 823. The summed E-state index contributed by atoms with van der Waals surface area (Å²) in [5, 5.41) is 5.38. The van der Waals surface area contributed by atoms with Gasteiger partial charge in [0.05, 0.1) is 13.7 Å². The highest BCUT2D eigenvalue weighted by atomic mass is 32.1. The molecule has 1 N–H and O–H groups in total. The van der Waals surface area contributed by atoms with Gasteiger partial charge in [-0.25, -0.2) is 4.79 Å². The molecule has 0 radical (unpaired) electrons. The van der Waals surface area contributed by atoms with Gasteiger partial charge in [-0.15, -0.1) is 11.3 Å². The Balaban J connectivity index is 1.76. The average molecular weight is 401 g/mol. The van der Waals surface area contributed by atoms with Crippen molar-refractivity contribution >= 4 is 28.2 Å². The first-order valence-corrected chi connectivity index (χ1v) is 10.6. The Morgan fingerprint density at radius 2 is 1.86 bits per heavy atom. The van der Waals surface area contributed by atoms with E-state index < -0.39 is 5.97 Å². The van der Waals surface area contributed by atoms with E-state index in [1.807, 2.05) is 43.6 Å². The number of methoxy groups -OCH3 is 1. The van der Waals surface area contributed by atoms with Crippen molar-refractivity contribution in [2.45, 2.75) is 45.1 Å². The Kier molecular flexibility index (Phi) is 6.86. The van der Waals surface area contributed by atoms with E-state index in [1.54, 1.807) is 0 Å². The summed E-state index contributed by atoms with van der Waals surface area (Å²) in [7, 11) is 3.37. The van der Waals surface area contributed by atoms with Crippen molar-refractivity contribution in [2.75, 3.05) is 26.0 Å². The first-order chi connectivity index (χ1) is 13.5. The molecule has 5 nitrogen and oxygen atoms in total. The fourth-order valence-electron chi connectivity index (χ4n) is 3.74. The Hall–Kier alpha value is -2.18. The zero-order valence-corrected chi connectivity index (χ0v) is 17.6. The summed E-state index contributed by atoms with van der Waals surface area (Å²) >= 11 is 1.36. The lowest BCUT2D eigenvalue weighted by molar-refractivity contribution is -0.117. The molecule has 3 rings (SSSR count). The molecule has 1 amide bonds. The van der Waals surface area contributed by atoms with E-state index in [0.717, 1.165) is 29.5 Å². The summed E-state index contributed by atoms with van der Waals surface area (Å²) < 4.78 is 4.99. The summed E-state index contributed by atoms with van der Waals surface area (Å²) in [6.45, 7) is 2.34. The average Bonchev–Trinajstić information content (AvgIpc) is 3.11. The number of carbonyl (C=O) groups excluding carboxylic acids is 2. The Morgan fingerprint density at radius 3 is 2.50 bits per heavy atom. The lowest BCUT2D eigenvalue weighted by Gasteiger charge is -2.30. The van der Waals surface area contributed by atoms with Gasteiger partial charge in [0, 0.05) is 17.0 Å². The standard InChI is InChI=1S/C22H28N2O3S/c1-15-9-11-16(12-10-15)18-14-28-21(20(18)22(26)27-3)23-19(25)13-24(2)17-7-5-4-6-8-17/h9-12,14,17H,4-8,13H2,1-3H3,(H,23,25). The molecule has 0 bridgehead atoms. The summed E-state index contributed by atoms with van der Waals surface area (Å²) in [5.41, 5.74) is 3.29. The van der Waals surface area contributed by atoms with E-state index >= 15 is 0 Å². The number of anilines is 1. The van der Waals surface area contributed by atoms with Gasteiger partial charge in [-0.2, -0.15) is 0 Å². The van der Waals surface area contributed by atoms with Gasteiger partial charge in [-0.3, -0.25) is 9.69 Å². The molecule has 0 unspecified atom stereocenters. The van der Waals surface area contributed by atoms with Crippen LogP contribution in [0.4, 0.5) is 5.00 Å². The van der Waals surface area contributed by atoms with Gasteiger partial charge in [0.1, 0.15) is 10.6 Å². The van der Waals surface area contributed by atoms with Gasteiger partial charge in [-0.05, 0) is 32.4 Å². The van der Waals surface area contributed by atoms with E-state index in [0.29, 0.717) is 23.2 Å². The molecule has 1 aliphatic rings. The number of hydrogen-bond acceptors (Lipinski definition) is 5. The molecule has 1 heterocycles. The van der Waals surface area contributed by atoms with Crippen LogP contribution in [0.3, 0.4) is 0 Å². The molecule has 150 valence electrons. The minimum atomic E-state index is -0.437. The highest BCUT2D eigenvalue weighted by Crippen LogP contribution is 2.36. The number of carbonyl (C=O) groups is 2. The largest absolute Gasteiger partial charge is 0.465 e. The molecule has 0 atom stereocenters. The predicted molar refractivity (Wildman–Crippen MR) is 114 cm³/mol. The number of aryl methyl sites for hydroxylation is 1. The maximum Gasteiger partial charge on any atom is 0.341 e. The smallest absolute Gasteiger partial charge is 0.341 e. The number of nitrogens with one attached hydrogen (secondary N) is 1. The van der Waals surface area contributed by atoms with Crippen molar-refractivity contribution in [1.82, 2.24) is 4.90 Å². The molecule has 1 fully saturated rings. The van der Waals surface area contributed by atoms with Crippen LogP contribution in [0.2, 0.25) is 0 Å². The van der Waals surface area contributed by atoms with Crippen molar-refractivity contribution in [3.8, 4) is 11.1 Å². The van der Waals surface area contributed by atoms with E-state index in [1.165, 1.54) is 37.7 Å². The van der Waals surface area contributed by atoms with Gasteiger partial charge < -0.3 is 10.1 Å². The number of nitrogens with zero attached hydrogens (tertiary/aromatic N) is 1. The van der Waals surface area contributed by atoms with Crippen LogP contribution in [0.15, 0.2) is 29.6 Å². The zero-order valence-electron chi connectivity index (χ0n) is 16.8. The monoisotopic (exact) mass is 400 g/mol. The summed E-state index contributed by atoms with van der Waals surface area (Å²) in [4.78, 5) is 27.2. The van der Waals surface area contributed by atoms with Crippen molar-refractivity contribution in [3.05, 3.63) is 40.8 Å². The molecule has 1 aromatic heterocycles. The van der Waals surface area contributed by atoms with Crippen LogP contribution >= 0.6 is 11.3 Å². The molecule has 0 aliphatic heterocycles. The third-order valence-electron chi connectivity index (χ3n) is 5.39. The first kappa shape index (κ1) is 20.6. The first-order valence-electron chi connectivity index (χ1n) is 9.76. The zero-order chi connectivity index (χ0) is 20.1. The molecule has 0 spiro atoms. The van der Waals surface area contributed by atoms with Gasteiger partial charge in [-0.1, -0.05) is 49.1 Å². The molecule has 6 heteroatoms. The Labute approximate surface area is 170 Å². The molecule has 1 saturated carbocycles. The molecule has 1 aromatic carbocycles. The Morgan fingerprint density at radius 1 is 1.18 bits per heavy atom. The summed E-state index contributed by atoms with van der Waals surface area (Å²) in [5.74, 6) is -0.539. The number of amides is 1. The third-order valence-corrected chi connectivity index (χ3v) is 6.28. The molecule has 2 aromatic rings. The topological polar surface area (TPSA) is 58.6 Å². The van der Waals surface area contributed by atoms with E-state index in [9.17, 15) is 9.59 Å². The van der Waals surface area contributed by atoms with Crippen molar-refractivity contribution in [1.29, 1.82) is 0 Å². The molecular weight excluding hydrogens is 372 g/mol. The summed E-state index contributed by atoms with van der Waals surface area (Å²) in [6, 6.07) is 8.43. The van der Waals surface area contributed by atoms with Crippen LogP contribution in [0.5, 0.6) is 0 Å². The van der Waals surface area contributed by atoms with Gasteiger partial charge in [0.2, 0.25) is 5.91 Å². The second kappa shape index (κ2) is 9.34. The van der Waals surface area contributed by atoms with Gasteiger partial charge >= 0.3 is 5.97 Å². The minimum Gasteiger partial charge on any atom is -0.465 e. The predicted octanol–water partition coefficient (Wildman–Crippen LogP) is 4.71. The number of benzene rings is 1. The molecule has 28 heavy (non-hydrogen) atoms. The minimum absolute atomic E-state index is 0.101. The van der Waals surface area contributed by atoms with Crippen LogP contribution in [-0.2, 0) is 9.53 Å². The number of ether oxygens (including phenoxy) is 1. The van der Waals surface area contributed by atoms with Crippen LogP contribution in [0.1, 0.15) is 48.0 Å². The fourth-order valence-corrected chi connectivity index (χ4v) is 4.72. The van der Waals surface area contributed by atoms with Crippen molar-refractivity contribution in [3.63, 3.8) is 0 Å². The van der Waals surface area contributed by atoms with Crippen molar-refractivity contribution < 1.29 is 14.3 Å². The maximum absolute atomic E-state index is 12.6. The van der Waals surface area contributed by atoms with Crippen LogP contribution in [0, 0.1) is 6.92 Å². The number of thiophene rings is 1. The number of likely N-dealkylation sites (N-methyl/N-ethyl adjacent to an activating group) is 1. The number of hydrogen-bond donors (Lipinski definition) is 1. The highest BCUT2D eigenvalue weighted by molar-refractivity contribution is 7.15. The van der Waals surface area contributed by atoms with Crippen molar-refractivity contribution in [2.24, 2.45) is 0 Å². The lowest BCUT2D eigenvalue weighted by atomic mass is 9.94. The van der Waals surface area contributed by atoms with Crippen LogP contribution in [0.25, 0.3) is 11.1 Å². The molecule has 0 saturated heterocycles. The van der Waals surface area contributed by atoms with E-state index in [4.69, 9.17) is 4.74 Å². The van der Waals surface area contributed by atoms with E-state index in [-0.39, 0.29) is 5.91 Å². The normalized spacial score (nSPS) is 14.9. The number of esters is 1. The third kappa shape index (κ3) is 4.80. The quantitative estimate of drug-likeness (QED) is 0.713. The van der Waals surface area contributed by atoms with Crippen LogP contribution in [-0.4, -0.2) is 43.5 Å². The van der Waals surface area contributed by atoms with Gasteiger partial charge in [0.25, 0.3) is 0 Å². The second-order valence-electron chi connectivity index (χ2n) is 7.47. The fraction of sp³-hybridized carbons (Fsp3) is 0.455. The summed E-state index contributed by atoms with van der Waals surface area (Å²) in [6.07, 6.45) is 6.04. The second-order valence-corrected chi connectivity index (χ2v) is 8.35.